The average molecular weight is 473 g/mol. The lowest BCUT2D eigenvalue weighted by Gasteiger charge is -2.21. The normalized spacial score (nSPS) is 10.9. The number of carbonyl (C=O) groups is 2. The minimum Gasteiger partial charge on any atom is -0.325 e. The molecular formula is C27H25FN4O3. The molecule has 0 radical (unpaired) electrons. The summed E-state index contributed by atoms with van der Waals surface area (Å²) in [6.07, 6.45) is 0. The second kappa shape index (κ2) is 9.89. The van der Waals surface area contributed by atoms with Crippen LogP contribution in [0.1, 0.15) is 23.6 Å². The highest BCUT2D eigenvalue weighted by Gasteiger charge is 2.22. The van der Waals surface area contributed by atoms with Gasteiger partial charge in [-0.25, -0.2) is 9.37 Å². The third kappa shape index (κ3) is 5.27. The highest BCUT2D eigenvalue weighted by Crippen LogP contribution is 2.18. The van der Waals surface area contributed by atoms with Gasteiger partial charge in [0, 0.05) is 12.6 Å². The number of nitrogens with one attached hydrogen (secondary N) is 1. The summed E-state index contributed by atoms with van der Waals surface area (Å²) in [7, 11) is 0. The maximum atomic E-state index is 13.5. The van der Waals surface area contributed by atoms with Crippen molar-refractivity contribution < 1.29 is 14.0 Å². The summed E-state index contributed by atoms with van der Waals surface area (Å²) in [5.74, 6) is -1.28. The molecule has 35 heavy (non-hydrogen) atoms. The average Bonchev–Trinajstić information content (AvgIpc) is 2.82. The molecule has 0 saturated carbocycles. The van der Waals surface area contributed by atoms with Crippen molar-refractivity contribution in [3.8, 4) is 0 Å². The van der Waals surface area contributed by atoms with Crippen molar-refractivity contribution >= 4 is 34.4 Å². The Balaban J connectivity index is 1.72. The Bertz CT molecular complexity index is 1480. The van der Waals surface area contributed by atoms with Crippen LogP contribution in [0.25, 0.3) is 11.0 Å². The van der Waals surface area contributed by atoms with Gasteiger partial charge >= 0.3 is 0 Å². The van der Waals surface area contributed by atoms with Crippen LogP contribution in [0, 0.1) is 19.7 Å². The van der Waals surface area contributed by atoms with Gasteiger partial charge in [-0.15, -0.1) is 0 Å². The minimum atomic E-state index is -0.573. The zero-order chi connectivity index (χ0) is 25.1. The number of rotatable bonds is 6. The molecule has 8 heteroatoms. The molecule has 0 atom stereocenters. The first kappa shape index (κ1) is 23.8. The fraction of sp³-hybridized carbons (Fsp3) is 0.185. The second-order valence-corrected chi connectivity index (χ2v) is 8.39. The zero-order valence-corrected chi connectivity index (χ0v) is 19.7. The van der Waals surface area contributed by atoms with Gasteiger partial charge in [0.2, 0.25) is 17.6 Å². The summed E-state index contributed by atoms with van der Waals surface area (Å²) in [6, 6.07) is 18.2. The van der Waals surface area contributed by atoms with Crippen LogP contribution in [-0.4, -0.2) is 21.4 Å². The Morgan fingerprint density at radius 3 is 2.40 bits per heavy atom. The lowest BCUT2D eigenvalue weighted by atomic mass is 10.1. The van der Waals surface area contributed by atoms with Gasteiger partial charge in [0.05, 0.1) is 17.6 Å². The van der Waals surface area contributed by atoms with Gasteiger partial charge in [-0.05, 0) is 66.9 Å². The number of anilines is 2. The predicted octanol–water partition coefficient (Wildman–Crippen LogP) is 4.34. The summed E-state index contributed by atoms with van der Waals surface area (Å²) in [4.78, 5) is 44.6. The number of halogens is 1. The van der Waals surface area contributed by atoms with Crippen LogP contribution in [-0.2, 0) is 22.7 Å². The van der Waals surface area contributed by atoms with Crippen molar-refractivity contribution in [2.45, 2.75) is 33.9 Å². The molecule has 0 spiro atoms. The molecule has 178 valence electrons. The summed E-state index contributed by atoms with van der Waals surface area (Å²) >= 11 is 0. The van der Waals surface area contributed by atoms with Crippen molar-refractivity contribution in [2.75, 3.05) is 10.2 Å². The van der Waals surface area contributed by atoms with Crippen LogP contribution in [0.4, 0.5) is 15.9 Å². The van der Waals surface area contributed by atoms with Gasteiger partial charge < -0.3 is 5.32 Å². The molecule has 1 N–H and O–H groups in total. The number of para-hydroxylation sites is 2. The van der Waals surface area contributed by atoms with E-state index < -0.39 is 17.3 Å². The van der Waals surface area contributed by atoms with Crippen LogP contribution in [0.2, 0.25) is 0 Å². The van der Waals surface area contributed by atoms with Gasteiger partial charge in [-0.3, -0.25) is 23.9 Å². The number of benzene rings is 3. The number of fused-ring (bicyclic) bond motifs is 1. The molecule has 4 rings (SSSR count). The SMILES string of the molecule is CC(=O)N(Cc1ccc(F)cc1)c1nc2ccccc2n(CC(=O)Nc2ccc(C)c(C)c2)c1=O. The fourth-order valence-electron chi connectivity index (χ4n) is 3.78. The number of hydrogen-bond acceptors (Lipinski definition) is 4. The quantitative estimate of drug-likeness (QED) is 0.452. The molecule has 0 saturated heterocycles. The number of aromatic nitrogens is 2. The minimum absolute atomic E-state index is 0.0328. The van der Waals surface area contributed by atoms with E-state index >= 15 is 0 Å². The molecule has 0 aliphatic rings. The lowest BCUT2D eigenvalue weighted by Crippen LogP contribution is -2.38. The molecule has 0 unspecified atom stereocenters. The summed E-state index contributed by atoms with van der Waals surface area (Å²) in [5.41, 5.74) is 3.77. The Morgan fingerprint density at radius 2 is 1.71 bits per heavy atom. The molecule has 0 aliphatic carbocycles. The van der Waals surface area contributed by atoms with Gasteiger partial charge in [0.1, 0.15) is 12.4 Å². The molecular weight excluding hydrogens is 447 g/mol. The number of amides is 2. The molecule has 0 fully saturated rings. The van der Waals surface area contributed by atoms with Crippen molar-refractivity contribution in [3.63, 3.8) is 0 Å². The summed E-state index contributed by atoms with van der Waals surface area (Å²) < 4.78 is 14.6. The zero-order valence-electron chi connectivity index (χ0n) is 19.7. The van der Waals surface area contributed by atoms with E-state index in [0.717, 1.165) is 11.1 Å². The van der Waals surface area contributed by atoms with Crippen LogP contribution in [0.5, 0.6) is 0 Å². The topological polar surface area (TPSA) is 84.3 Å². The maximum Gasteiger partial charge on any atom is 0.294 e. The standard InChI is InChI=1S/C27H25FN4O3/c1-17-8-13-22(14-18(17)2)29-25(34)16-32-24-7-5-4-6-23(24)30-26(27(32)35)31(19(3)33)15-20-9-11-21(28)12-10-20/h4-14H,15-16H2,1-3H3,(H,29,34). The van der Waals surface area contributed by atoms with E-state index in [9.17, 15) is 18.8 Å². The first-order valence-electron chi connectivity index (χ1n) is 11.1. The Labute approximate surface area is 201 Å². The number of aryl methyl sites for hydroxylation is 2. The van der Waals surface area contributed by atoms with Crippen molar-refractivity contribution in [1.29, 1.82) is 0 Å². The summed E-state index contributed by atoms with van der Waals surface area (Å²) in [6.45, 7) is 5.04. The summed E-state index contributed by atoms with van der Waals surface area (Å²) in [5, 5.41) is 2.83. The van der Waals surface area contributed by atoms with Gasteiger partial charge in [-0.1, -0.05) is 30.3 Å². The molecule has 0 bridgehead atoms. The highest BCUT2D eigenvalue weighted by molar-refractivity contribution is 5.93. The Kier molecular flexibility index (Phi) is 6.73. The first-order valence-corrected chi connectivity index (χ1v) is 11.1. The smallest absolute Gasteiger partial charge is 0.294 e. The molecule has 3 aromatic carbocycles. The molecule has 4 aromatic rings. The first-order chi connectivity index (χ1) is 16.7. The van der Waals surface area contributed by atoms with Crippen LogP contribution < -0.4 is 15.8 Å². The highest BCUT2D eigenvalue weighted by atomic mass is 19.1. The molecule has 1 aromatic heterocycles. The van der Waals surface area contributed by atoms with Crippen LogP contribution in [0.15, 0.2) is 71.5 Å². The predicted molar refractivity (Wildman–Crippen MR) is 134 cm³/mol. The number of hydrogen-bond donors (Lipinski definition) is 1. The molecule has 1 heterocycles. The van der Waals surface area contributed by atoms with E-state index in [-0.39, 0.29) is 24.8 Å². The van der Waals surface area contributed by atoms with E-state index in [1.807, 2.05) is 26.0 Å². The van der Waals surface area contributed by atoms with E-state index in [1.54, 1.807) is 42.5 Å². The number of nitrogens with zero attached hydrogens (tertiary/aromatic N) is 3. The molecule has 7 nitrogen and oxygen atoms in total. The van der Waals surface area contributed by atoms with E-state index in [1.165, 1.54) is 28.5 Å². The van der Waals surface area contributed by atoms with E-state index in [0.29, 0.717) is 22.3 Å². The third-order valence-corrected chi connectivity index (χ3v) is 5.82. The maximum absolute atomic E-state index is 13.5. The van der Waals surface area contributed by atoms with Gasteiger partial charge in [0.15, 0.2) is 0 Å². The third-order valence-electron chi connectivity index (χ3n) is 5.82. The van der Waals surface area contributed by atoms with Gasteiger partial charge in [-0.2, -0.15) is 0 Å². The Hall–Kier alpha value is -4.33. The monoisotopic (exact) mass is 472 g/mol. The number of carbonyl (C=O) groups excluding carboxylic acids is 2. The lowest BCUT2D eigenvalue weighted by molar-refractivity contribution is -0.117. The van der Waals surface area contributed by atoms with Crippen molar-refractivity contribution in [1.82, 2.24) is 9.55 Å². The van der Waals surface area contributed by atoms with Crippen molar-refractivity contribution in [3.05, 3.63) is 99.6 Å². The van der Waals surface area contributed by atoms with E-state index in [4.69, 9.17) is 0 Å². The molecule has 2 amide bonds. The molecule has 0 aliphatic heterocycles. The Morgan fingerprint density at radius 1 is 1.00 bits per heavy atom. The largest absolute Gasteiger partial charge is 0.325 e. The van der Waals surface area contributed by atoms with Gasteiger partial charge in [0.25, 0.3) is 5.56 Å². The van der Waals surface area contributed by atoms with Crippen molar-refractivity contribution in [2.24, 2.45) is 0 Å². The van der Waals surface area contributed by atoms with Crippen LogP contribution >= 0.6 is 0 Å². The van der Waals surface area contributed by atoms with E-state index in [2.05, 4.69) is 10.3 Å². The van der Waals surface area contributed by atoms with Crippen LogP contribution in [0.3, 0.4) is 0 Å². The fourth-order valence-corrected chi connectivity index (χ4v) is 3.78. The second-order valence-electron chi connectivity index (χ2n) is 8.39.